The number of amides is 1. The van der Waals surface area contributed by atoms with Crippen molar-refractivity contribution in [2.24, 2.45) is 5.92 Å². The van der Waals surface area contributed by atoms with E-state index in [0.717, 1.165) is 22.4 Å². The molecule has 0 saturated heterocycles. The fourth-order valence-corrected chi connectivity index (χ4v) is 3.80. The lowest BCUT2D eigenvalue weighted by molar-refractivity contribution is 0.0944. The Morgan fingerprint density at radius 3 is 2.79 bits per heavy atom. The number of aromatic nitrogens is 4. The Bertz CT molecular complexity index is 1270. The van der Waals surface area contributed by atoms with E-state index < -0.39 is 0 Å². The van der Waals surface area contributed by atoms with Crippen LogP contribution < -0.4 is 20.1 Å². The van der Waals surface area contributed by atoms with Crippen LogP contribution in [0.2, 0.25) is 0 Å². The van der Waals surface area contributed by atoms with E-state index in [1.165, 1.54) is 12.7 Å². The first-order chi connectivity index (χ1) is 16.1. The molecule has 0 aliphatic carbocycles. The van der Waals surface area contributed by atoms with Crippen molar-refractivity contribution in [1.29, 1.82) is 0 Å². The van der Waals surface area contributed by atoms with Crippen molar-refractivity contribution in [3.8, 4) is 11.5 Å². The zero-order chi connectivity index (χ0) is 22.8. The number of fused-ring (bicyclic) bond motifs is 2. The van der Waals surface area contributed by atoms with Gasteiger partial charge in [-0.1, -0.05) is 19.9 Å². The molecule has 3 N–H and O–H groups in total. The van der Waals surface area contributed by atoms with Gasteiger partial charge in [-0.2, -0.15) is 0 Å². The number of oxazole rings is 1. The maximum absolute atomic E-state index is 12.6. The van der Waals surface area contributed by atoms with Gasteiger partial charge in [0.25, 0.3) is 5.91 Å². The highest BCUT2D eigenvalue weighted by molar-refractivity contribution is 5.99. The molecule has 4 heterocycles. The van der Waals surface area contributed by atoms with Crippen molar-refractivity contribution in [3.63, 3.8) is 0 Å². The van der Waals surface area contributed by atoms with Gasteiger partial charge in [0.2, 0.25) is 0 Å². The number of carbonyl (C=O) groups is 1. The second-order valence-corrected chi connectivity index (χ2v) is 8.09. The lowest BCUT2D eigenvalue weighted by atomic mass is 9.95. The number of nitrogens with zero attached hydrogens (tertiary/aromatic N) is 3. The number of hydrogen-bond donors (Lipinski definition) is 3. The highest BCUT2D eigenvalue weighted by Gasteiger charge is 2.22. The number of rotatable bonds is 7. The van der Waals surface area contributed by atoms with Crippen LogP contribution in [0.4, 0.5) is 5.82 Å². The topological polar surface area (TPSA) is 127 Å². The lowest BCUT2D eigenvalue weighted by Gasteiger charge is -2.26. The number of benzene rings is 1. The molecule has 1 amide bonds. The molecule has 1 aliphatic rings. The van der Waals surface area contributed by atoms with Gasteiger partial charge in [-0.25, -0.2) is 15.0 Å². The standard InChI is InChI=1S/C23H24N6O4/c1-13(2)20(14-3-4-18-19(7-14)32-6-5-31-18)29-22-16-8-17(28-21(16)26-11-27-22)23(30)25-10-15-9-24-12-33-15/h3-4,7-9,11-13,20H,5-6,10H2,1-2H3,(H,25,30)(H2,26,27,28,29)/t20-/m1/s1. The Morgan fingerprint density at radius 1 is 1.15 bits per heavy atom. The smallest absolute Gasteiger partial charge is 0.268 e. The van der Waals surface area contributed by atoms with Gasteiger partial charge in [0.1, 0.15) is 42.5 Å². The average molecular weight is 448 g/mol. The summed E-state index contributed by atoms with van der Waals surface area (Å²) in [5.74, 6) is 2.68. The maximum Gasteiger partial charge on any atom is 0.268 e. The molecule has 1 aliphatic heterocycles. The molecule has 3 aromatic heterocycles. The molecule has 0 radical (unpaired) electrons. The normalized spacial score (nSPS) is 13.8. The van der Waals surface area contributed by atoms with Gasteiger partial charge < -0.3 is 29.5 Å². The molecular weight excluding hydrogens is 424 g/mol. The number of H-pyrrole nitrogens is 1. The fourth-order valence-electron chi connectivity index (χ4n) is 3.80. The number of aromatic amines is 1. The summed E-state index contributed by atoms with van der Waals surface area (Å²) in [5, 5.41) is 7.05. The van der Waals surface area contributed by atoms with Gasteiger partial charge in [-0.15, -0.1) is 0 Å². The summed E-state index contributed by atoms with van der Waals surface area (Å²) in [6, 6.07) is 7.67. The van der Waals surface area contributed by atoms with Crippen LogP contribution >= 0.6 is 0 Å². The summed E-state index contributed by atoms with van der Waals surface area (Å²) in [6.07, 6.45) is 4.35. The molecule has 0 bridgehead atoms. The molecule has 33 heavy (non-hydrogen) atoms. The third-order valence-corrected chi connectivity index (χ3v) is 5.46. The van der Waals surface area contributed by atoms with Gasteiger partial charge in [-0.05, 0) is 29.7 Å². The Morgan fingerprint density at radius 2 is 2.00 bits per heavy atom. The number of hydrogen-bond acceptors (Lipinski definition) is 8. The SMILES string of the molecule is CC(C)[C@@H](Nc1ncnc2[nH]c(C(=O)NCc3cnco3)cc12)c1ccc2c(c1)OCCO2. The summed E-state index contributed by atoms with van der Waals surface area (Å²) in [7, 11) is 0. The van der Waals surface area contributed by atoms with Crippen molar-refractivity contribution in [3.05, 3.63) is 60.2 Å². The highest BCUT2D eigenvalue weighted by Crippen LogP contribution is 2.36. The molecule has 1 atom stereocenters. The molecule has 10 heteroatoms. The molecule has 0 unspecified atom stereocenters. The maximum atomic E-state index is 12.6. The van der Waals surface area contributed by atoms with Gasteiger partial charge in [0.05, 0.1) is 24.2 Å². The zero-order valence-electron chi connectivity index (χ0n) is 18.3. The van der Waals surface area contributed by atoms with Crippen LogP contribution in [-0.2, 0) is 6.54 Å². The highest BCUT2D eigenvalue weighted by atomic mass is 16.6. The third kappa shape index (κ3) is 4.32. The first-order valence-corrected chi connectivity index (χ1v) is 10.7. The minimum absolute atomic E-state index is 0.0439. The Labute approximate surface area is 189 Å². The van der Waals surface area contributed by atoms with Crippen LogP contribution in [0.25, 0.3) is 11.0 Å². The molecule has 4 aromatic rings. The molecule has 5 rings (SSSR count). The van der Waals surface area contributed by atoms with Gasteiger partial charge in [0, 0.05) is 0 Å². The van der Waals surface area contributed by atoms with Crippen molar-refractivity contribution in [1.82, 2.24) is 25.3 Å². The predicted octanol–water partition coefficient (Wildman–Crippen LogP) is 3.46. The second kappa shape index (κ2) is 8.81. The monoisotopic (exact) mass is 448 g/mol. The quantitative estimate of drug-likeness (QED) is 0.392. The van der Waals surface area contributed by atoms with Crippen LogP contribution in [0, 0.1) is 5.92 Å². The molecule has 1 aromatic carbocycles. The van der Waals surface area contributed by atoms with E-state index in [0.29, 0.717) is 36.1 Å². The lowest BCUT2D eigenvalue weighted by Crippen LogP contribution is -2.22. The number of carbonyl (C=O) groups excluding carboxylic acids is 1. The van der Waals surface area contributed by atoms with Crippen LogP contribution in [0.3, 0.4) is 0 Å². The minimum Gasteiger partial charge on any atom is -0.486 e. The van der Waals surface area contributed by atoms with Crippen molar-refractivity contribution >= 4 is 22.8 Å². The summed E-state index contributed by atoms with van der Waals surface area (Å²) >= 11 is 0. The largest absolute Gasteiger partial charge is 0.486 e. The van der Waals surface area contributed by atoms with E-state index in [1.807, 2.05) is 18.2 Å². The van der Waals surface area contributed by atoms with Crippen molar-refractivity contribution in [2.75, 3.05) is 18.5 Å². The van der Waals surface area contributed by atoms with Crippen molar-refractivity contribution in [2.45, 2.75) is 26.4 Å². The molecule has 0 fully saturated rings. The van der Waals surface area contributed by atoms with Crippen LogP contribution in [0.15, 0.2) is 47.6 Å². The molecule has 170 valence electrons. The van der Waals surface area contributed by atoms with Crippen LogP contribution in [0.1, 0.15) is 41.7 Å². The van der Waals surface area contributed by atoms with Gasteiger partial charge in [0.15, 0.2) is 17.9 Å². The van der Waals surface area contributed by atoms with E-state index in [1.54, 1.807) is 12.3 Å². The summed E-state index contributed by atoms with van der Waals surface area (Å²) in [4.78, 5) is 28.2. The van der Waals surface area contributed by atoms with E-state index in [-0.39, 0.29) is 24.4 Å². The summed E-state index contributed by atoms with van der Waals surface area (Å²) in [5.41, 5.74) is 2.01. The van der Waals surface area contributed by atoms with Crippen LogP contribution in [0.5, 0.6) is 11.5 Å². The predicted molar refractivity (Wildman–Crippen MR) is 120 cm³/mol. The summed E-state index contributed by atoms with van der Waals surface area (Å²) in [6.45, 7) is 5.59. The fraction of sp³-hybridized carbons (Fsp3) is 0.304. The Hall–Kier alpha value is -4.08. The summed E-state index contributed by atoms with van der Waals surface area (Å²) < 4.78 is 16.6. The molecule has 10 nitrogen and oxygen atoms in total. The van der Waals surface area contributed by atoms with E-state index in [9.17, 15) is 4.79 Å². The first-order valence-electron chi connectivity index (χ1n) is 10.7. The third-order valence-electron chi connectivity index (χ3n) is 5.46. The molecular formula is C23H24N6O4. The van der Waals surface area contributed by atoms with E-state index in [2.05, 4.69) is 44.4 Å². The van der Waals surface area contributed by atoms with Gasteiger partial charge in [-0.3, -0.25) is 4.79 Å². The van der Waals surface area contributed by atoms with E-state index in [4.69, 9.17) is 13.9 Å². The number of nitrogens with one attached hydrogen (secondary N) is 3. The number of anilines is 1. The van der Waals surface area contributed by atoms with E-state index >= 15 is 0 Å². The Kier molecular flexibility index (Phi) is 5.55. The zero-order valence-corrected chi connectivity index (χ0v) is 18.3. The first kappa shape index (κ1) is 20.8. The average Bonchev–Trinajstić information content (AvgIpc) is 3.50. The Balaban J connectivity index is 1.39. The molecule has 0 spiro atoms. The van der Waals surface area contributed by atoms with Gasteiger partial charge >= 0.3 is 0 Å². The number of ether oxygens (including phenoxy) is 2. The minimum atomic E-state index is -0.275. The van der Waals surface area contributed by atoms with Crippen LogP contribution in [-0.4, -0.2) is 39.1 Å². The second-order valence-electron chi connectivity index (χ2n) is 8.09. The molecule has 0 saturated carbocycles. The van der Waals surface area contributed by atoms with Crippen molar-refractivity contribution < 1.29 is 18.7 Å².